The fraction of sp³-hybridized carbons (Fsp3) is 0.250. The van der Waals surface area contributed by atoms with Gasteiger partial charge < -0.3 is 4.74 Å². The molecule has 3 nitrogen and oxygen atoms in total. The largest absolute Gasteiger partial charge is 0.434 e. The number of aromatic nitrogens is 1. The Morgan fingerprint density at radius 3 is 3.00 bits per heavy atom. The van der Waals surface area contributed by atoms with Crippen LogP contribution in [0.25, 0.3) is 0 Å². The van der Waals surface area contributed by atoms with Crippen molar-refractivity contribution in [3.05, 3.63) is 28.9 Å². The van der Waals surface area contributed by atoms with Crippen molar-refractivity contribution in [2.45, 2.75) is 12.3 Å². The van der Waals surface area contributed by atoms with Crippen molar-refractivity contribution in [3.8, 4) is 0 Å². The molecule has 0 saturated carbocycles. The highest BCUT2D eigenvalue weighted by Gasteiger charge is 2.39. The predicted octanol–water partition coefficient (Wildman–Crippen LogP) is 1.47. The summed E-state index contributed by atoms with van der Waals surface area (Å²) in [6, 6.07) is 0. The van der Waals surface area contributed by atoms with E-state index in [-0.39, 0.29) is 5.97 Å². The highest BCUT2D eigenvalue weighted by molar-refractivity contribution is 7.07. The Morgan fingerprint density at radius 2 is 2.50 bits per heavy atom. The van der Waals surface area contributed by atoms with E-state index in [1.165, 1.54) is 17.6 Å². The van der Waals surface area contributed by atoms with Crippen LogP contribution in [0.2, 0.25) is 0 Å². The first-order valence-corrected chi connectivity index (χ1v) is 4.45. The number of carbonyl (C=O) groups excluding carboxylic acids is 1. The van der Waals surface area contributed by atoms with E-state index in [2.05, 4.69) is 4.98 Å². The molecule has 12 heavy (non-hydrogen) atoms. The molecule has 2 rings (SSSR count). The Balaban J connectivity index is 2.45. The van der Waals surface area contributed by atoms with Crippen LogP contribution in [-0.4, -0.2) is 11.0 Å². The van der Waals surface area contributed by atoms with E-state index in [0.29, 0.717) is 0 Å². The molecule has 0 bridgehead atoms. The van der Waals surface area contributed by atoms with Gasteiger partial charge in [-0.2, -0.15) is 0 Å². The van der Waals surface area contributed by atoms with Crippen molar-refractivity contribution in [2.24, 2.45) is 0 Å². The summed E-state index contributed by atoms with van der Waals surface area (Å²) in [6.45, 7) is 1.80. The molecule has 62 valence electrons. The smallest absolute Gasteiger partial charge is 0.326 e. The van der Waals surface area contributed by atoms with Crippen molar-refractivity contribution in [2.75, 3.05) is 0 Å². The highest BCUT2D eigenvalue weighted by atomic mass is 32.1. The molecule has 1 aromatic rings. The zero-order valence-corrected chi connectivity index (χ0v) is 7.30. The van der Waals surface area contributed by atoms with Gasteiger partial charge in [0.2, 0.25) is 0 Å². The number of rotatable bonds is 1. The zero-order chi connectivity index (χ0) is 8.60. The zero-order valence-electron chi connectivity index (χ0n) is 6.48. The normalized spacial score (nSPS) is 27.6. The van der Waals surface area contributed by atoms with Crippen molar-refractivity contribution in [1.82, 2.24) is 4.98 Å². The molecule has 1 aromatic heterocycles. The lowest BCUT2D eigenvalue weighted by atomic mass is 9.89. The van der Waals surface area contributed by atoms with Crippen LogP contribution in [0.1, 0.15) is 12.6 Å². The standard InChI is InChI=1S/C8H7NO2S/c1-8(2-3-11-7(8)10)6-4-12-5-9-6/h2-5H,1H3. The topological polar surface area (TPSA) is 39.2 Å². The summed E-state index contributed by atoms with van der Waals surface area (Å²) in [7, 11) is 0. The monoisotopic (exact) mass is 181 g/mol. The second-order valence-electron chi connectivity index (χ2n) is 2.78. The Morgan fingerprint density at radius 1 is 1.67 bits per heavy atom. The van der Waals surface area contributed by atoms with Crippen LogP contribution >= 0.6 is 11.3 Å². The van der Waals surface area contributed by atoms with E-state index in [9.17, 15) is 4.79 Å². The molecular formula is C8H7NO2S. The number of cyclic esters (lactones) is 1. The van der Waals surface area contributed by atoms with Crippen LogP contribution in [-0.2, 0) is 14.9 Å². The fourth-order valence-corrected chi connectivity index (χ4v) is 1.75. The second kappa shape index (κ2) is 2.42. The van der Waals surface area contributed by atoms with Gasteiger partial charge >= 0.3 is 5.97 Å². The van der Waals surface area contributed by atoms with Crippen molar-refractivity contribution >= 4 is 17.3 Å². The van der Waals surface area contributed by atoms with Gasteiger partial charge in [-0.15, -0.1) is 11.3 Å². The van der Waals surface area contributed by atoms with Gasteiger partial charge in [0.1, 0.15) is 5.41 Å². The number of ether oxygens (including phenoxy) is 1. The molecule has 0 spiro atoms. The van der Waals surface area contributed by atoms with Gasteiger partial charge in [-0.3, -0.25) is 4.79 Å². The van der Waals surface area contributed by atoms with E-state index < -0.39 is 5.41 Å². The molecule has 0 saturated heterocycles. The molecule has 0 aromatic carbocycles. The van der Waals surface area contributed by atoms with E-state index in [4.69, 9.17) is 4.74 Å². The summed E-state index contributed by atoms with van der Waals surface area (Å²) >= 11 is 1.47. The Labute approximate surface area is 73.7 Å². The minimum atomic E-state index is -0.667. The van der Waals surface area contributed by atoms with Gasteiger partial charge in [-0.1, -0.05) is 0 Å². The Bertz CT molecular complexity index is 331. The molecule has 2 heterocycles. The summed E-state index contributed by atoms with van der Waals surface area (Å²) in [5.74, 6) is -0.256. The molecule has 4 heteroatoms. The lowest BCUT2D eigenvalue weighted by Crippen LogP contribution is -2.27. The Hall–Kier alpha value is -1.16. The predicted molar refractivity (Wildman–Crippen MR) is 44.7 cm³/mol. The van der Waals surface area contributed by atoms with Crippen LogP contribution in [0.4, 0.5) is 0 Å². The van der Waals surface area contributed by atoms with E-state index in [1.807, 2.05) is 5.38 Å². The number of hydrogen-bond donors (Lipinski definition) is 0. The summed E-state index contributed by atoms with van der Waals surface area (Å²) in [5.41, 5.74) is 1.80. The molecule has 0 aliphatic carbocycles. The number of nitrogens with zero attached hydrogens (tertiary/aromatic N) is 1. The molecule has 0 fully saturated rings. The third-order valence-electron chi connectivity index (χ3n) is 1.96. The van der Waals surface area contributed by atoms with Crippen LogP contribution < -0.4 is 0 Å². The number of thiazole rings is 1. The molecule has 1 aliphatic rings. The third kappa shape index (κ3) is 0.881. The molecular weight excluding hydrogens is 174 g/mol. The first kappa shape index (κ1) is 7.49. The second-order valence-corrected chi connectivity index (χ2v) is 3.50. The van der Waals surface area contributed by atoms with Crippen LogP contribution in [0.5, 0.6) is 0 Å². The minimum absolute atomic E-state index is 0.256. The Kier molecular flexibility index (Phi) is 1.51. The average Bonchev–Trinajstić information content (AvgIpc) is 2.62. The minimum Gasteiger partial charge on any atom is -0.434 e. The number of hydrogen-bond acceptors (Lipinski definition) is 4. The van der Waals surface area contributed by atoms with Crippen LogP contribution in [0, 0.1) is 0 Å². The molecule has 0 amide bonds. The quantitative estimate of drug-likeness (QED) is 0.616. The van der Waals surface area contributed by atoms with Gasteiger partial charge in [0.25, 0.3) is 0 Å². The lowest BCUT2D eigenvalue weighted by Gasteiger charge is -2.13. The third-order valence-corrected chi connectivity index (χ3v) is 2.55. The molecule has 1 unspecified atom stereocenters. The maximum Gasteiger partial charge on any atom is 0.326 e. The SMILES string of the molecule is CC1(c2cscn2)C=COC1=O. The van der Waals surface area contributed by atoms with Gasteiger partial charge in [0.15, 0.2) is 0 Å². The lowest BCUT2D eigenvalue weighted by molar-refractivity contribution is -0.140. The van der Waals surface area contributed by atoms with E-state index >= 15 is 0 Å². The maximum atomic E-state index is 11.3. The van der Waals surface area contributed by atoms with Gasteiger partial charge in [-0.25, -0.2) is 4.98 Å². The van der Waals surface area contributed by atoms with Crippen molar-refractivity contribution in [1.29, 1.82) is 0 Å². The molecule has 0 N–H and O–H groups in total. The van der Waals surface area contributed by atoms with Crippen molar-refractivity contribution in [3.63, 3.8) is 0 Å². The molecule has 1 atom stereocenters. The van der Waals surface area contributed by atoms with Gasteiger partial charge in [0, 0.05) is 5.38 Å². The van der Waals surface area contributed by atoms with Crippen LogP contribution in [0.3, 0.4) is 0 Å². The van der Waals surface area contributed by atoms with E-state index in [1.54, 1.807) is 18.5 Å². The molecule has 1 aliphatic heterocycles. The van der Waals surface area contributed by atoms with Crippen LogP contribution in [0.15, 0.2) is 23.2 Å². The van der Waals surface area contributed by atoms with E-state index in [0.717, 1.165) is 5.69 Å². The summed E-state index contributed by atoms with van der Waals surface area (Å²) in [6.07, 6.45) is 3.14. The fourth-order valence-electron chi connectivity index (χ4n) is 1.08. The maximum absolute atomic E-state index is 11.3. The van der Waals surface area contributed by atoms with Crippen molar-refractivity contribution < 1.29 is 9.53 Å². The first-order valence-electron chi connectivity index (χ1n) is 3.51. The first-order chi connectivity index (χ1) is 5.73. The number of esters is 1. The molecule has 0 radical (unpaired) electrons. The summed E-state index contributed by atoms with van der Waals surface area (Å²) in [5, 5.41) is 1.86. The van der Waals surface area contributed by atoms with Gasteiger partial charge in [-0.05, 0) is 13.0 Å². The highest BCUT2D eigenvalue weighted by Crippen LogP contribution is 2.30. The number of carbonyl (C=O) groups is 1. The summed E-state index contributed by atoms with van der Waals surface area (Å²) in [4.78, 5) is 15.4. The summed E-state index contributed by atoms with van der Waals surface area (Å²) < 4.78 is 4.74. The average molecular weight is 181 g/mol. The van der Waals surface area contributed by atoms with Gasteiger partial charge in [0.05, 0.1) is 17.5 Å².